The number of esters is 1. The topological polar surface area (TPSA) is 92.8 Å². The number of ether oxygens (including phenoxy) is 1. The third-order valence-electron chi connectivity index (χ3n) is 9.66. The molecule has 1 saturated carbocycles. The summed E-state index contributed by atoms with van der Waals surface area (Å²) in [5.41, 5.74) is 3.55. The molecule has 2 aromatic carbocycles. The molecule has 2 bridgehead atoms. The van der Waals surface area contributed by atoms with E-state index in [4.69, 9.17) is 4.74 Å². The van der Waals surface area contributed by atoms with Crippen molar-refractivity contribution in [3.8, 4) is 11.1 Å². The third kappa shape index (κ3) is 4.85. The molecule has 1 aromatic heterocycles. The van der Waals surface area contributed by atoms with Crippen LogP contribution < -0.4 is 5.32 Å². The van der Waals surface area contributed by atoms with Gasteiger partial charge < -0.3 is 10.1 Å². The average molecular weight is 587 g/mol. The van der Waals surface area contributed by atoms with E-state index in [2.05, 4.69) is 5.32 Å². The van der Waals surface area contributed by atoms with Crippen molar-refractivity contribution in [2.45, 2.75) is 66.8 Å². The number of benzene rings is 2. The van der Waals surface area contributed by atoms with E-state index in [1.54, 1.807) is 6.92 Å². The molecule has 42 heavy (non-hydrogen) atoms. The van der Waals surface area contributed by atoms with E-state index >= 15 is 0 Å². The van der Waals surface area contributed by atoms with Crippen LogP contribution in [-0.2, 0) is 25.5 Å². The number of likely N-dealkylation sites (tertiary alicyclic amines) is 1. The number of anilines is 1. The van der Waals surface area contributed by atoms with Gasteiger partial charge in [0, 0.05) is 23.3 Å². The molecular weight excluding hydrogens is 548 g/mol. The molecule has 3 amide bonds. The van der Waals surface area contributed by atoms with E-state index in [1.165, 1.54) is 16.2 Å². The predicted molar refractivity (Wildman–Crippen MR) is 164 cm³/mol. The molecule has 3 aromatic rings. The van der Waals surface area contributed by atoms with Crippen molar-refractivity contribution in [1.29, 1.82) is 0 Å². The Kier molecular flexibility index (Phi) is 7.88. The summed E-state index contributed by atoms with van der Waals surface area (Å²) in [6.45, 7) is 11.8. The summed E-state index contributed by atoms with van der Waals surface area (Å²) in [7, 11) is 0. The Labute approximate surface area is 251 Å². The highest BCUT2D eigenvalue weighted by atomic mass is 32.1. The van der Waals surface area contributed by atoms with Gasteiger partial charge in [0.25, 0.3) is 0 Å². The number of hydrogen-bond donors (Lipinski definition) is 1. The van der Waals surface area contributed by atoms with Gasteiger partial charge in [0.15, 0.2) is 0 Å². The number of nitrogens with one attached hydrogen (secondary N) is 1. The summed E-state index contributed by atoms with van der Waals surface area (Å²) in [6.07, 6.45) is 1.38. The Morgan fingerprint density at radius 1 is 1.07 bits per heavy atom. The summed E-state index contributed by atoms with van der Waals surface area (Å²) in [5, 5.41) is 5.10. The summed E-state index contributed by atoms with van der Waals surface area (Å²) < 4.78 is 5.40. The summed E-state index contributed by atoms with van der Waals surface area (Å²) in [6, 6.07) is 14.2. The molecule has 8 heteroatoms. The Morgan fingerprint density at radius 2 is 1.79 bits per heavy atom. The number of fused-ring (bicyclic) bond motifs is 2. The fourth-order valence-electron chi connectivity index (χ4n) is 6.46. The number of amides is 3. The van der Waals surface area contributed by atoms with Gasteiger partial charge in [0.1, 0.15) is 16.6 Å². The molecule has 2 heterocycles. The smallest absolute Gasteiger partial charge is 0.341 e. The number of hydrogen-bond acceptors (Lipinski definition) is 6. The minimum absolute atomic E-state index is 0.164. The molecule has 1 aliphatic carbocycles. The van der Waals surface area contributed by atoms with Crippen LogP contribution in [0.25, 0.3) is 11.1 Å². The number of nitrogens with zero attached hydrogens (tertiary/aromatic N) is 1. The highest BCUT2D eigenvalue weighted by Gasteiger charge is 2.65. The fraction of sp³-hybridized carbons (Fsp3) is 0.412. The molecule has 220 valence electrons. The van der Waals surface area contributed by atoms with Crippen LogP contribution in [0.4, 0.5) is 5.00 Å². The highest BCUT2D eigenvalue weighted by Crippen LogP contribution is 2.60. The number of aryl methyl sites for hydroxylation is 2. The van der Waals surface area contributed by atoms with Crippen molar-refractivity contribution in [1.82, 2.24) is 4.90 Å². The van der Waals surface area contributed by atoms with Crippen LogP contribution in [0, 0.1) is 30.6 Å². The van der Waals surface area contributed by atoms with Crippen molar-refractivity contribution >= 4 is 40.0 Å². The number of rotatable bonds is 8. The van der Waals surface area contributed by atoms with Crippen LogP contribution in [0.1, 0.15) is 67.6 Å². The molecule has 1 N–H and O–H groups in total. The predicted octanol–water partition coefficient (Wildman–Crippen LogP) is 6.57. The molecule has 2 aliphatic rings. The minimum atomic E-state index is -1.08. The molecule has 7 nitrogen and oxygen atoms in total. The Hall–Kier alpha value is -3.78. The van der Waals surface area contributed by atoms with E-state index < -0.39 is 28.7 Å². The van der Waals surface area contributed by atoms with Crippen LogP contribution in [0.3, 0.4) is 0 Å². The van der Waals surface area contributed by atoms with Gasteiger partial charge in [-0.05, 0) is 61.3 Å². The van der Waals surface area contributed by atoms with Crippen molar-refractivity contribution in [2.75, 3.05) is 11.9 Å². The highest BCUT2D eigenvalue weighted by molar-refractivity contribution is 7.15. The van der Waals surface area contributed by atoms with Gasteiger partial charge in [-0.25, -0.2) is 4.79 Å². The van der Waals surface area contributed by atoms with E-state index in [1.807, 2.05) is 88.5 Å². The minimum Gasteiger partial charge on any atom is -0.462 e. The van der Waals surface area contributed by atoms with Gasteiger partial charge in [-0.15, -0.1) is 11.3 Å². The van der Waals surface area contributed by atoms with Gasteiger partial charge in [0.2, 0.25) is 17.7 Å². The first kappa shape index (κ1) is 29.7. The molecule has 0 spiro atoms. The van der Waals surface area contributed by atoms with Crippen molar-refractivity contribution in [2.24, 2.45) is 16.7 Å². The maximum atomic E-state index is 14.2. The first-order chi connectivity index (χ1) is 19.9. The van der Waals surface area contributed by atoms with Crippen LogP contribution in [0.2, 0.25) is 0 Å². The lowest BCUT2D eigenvalue weighted by Crippen LogP contribution is -2.64. The standard InChI is InChI=1S/C34H38N2O5S/c1-7-41-31(39)27-24(23-14-13-20(2)21(3)17-23)19-42-29(27)35-28(37)26(18-22-11-9-8-10-12-22)36-30(38)25-15-16-34(6,32(36)40)33(25,4)5/h8-14,17,19,25-26H,7,15-16,18H2,1-6H3,(H,35,37). The van der Waals surface area contributed by atoms with Gasteiger partial charge >= 0.3 is 5.97 Å². The Bertz CT molecular complexity index is 1560. The molecule has 0 radical (unpaired) electrons. The molecular formula is C34H38N2O5S. The van der Waals surface area contributed by atoms with Gasteiger partial charge in [-0.3, -0.25) is 19.3 Å². The largest absolute Gasteiger partial charge is 0.462 e. The molecule has 5 rings (SSSR count). The Morgan fingerprint density at radius 3 is 2.45 bits per heavy atom. The SMILES string of the molecule is CCOC(=O)c1c(-c2ccc(C)c(C)c2)csc1NC(=O)C(Cc1ccccc1)N1C(=O)C2CCC(C)(C1=O)C2(C)C. The first-order valence-electron chi connectivity index (χ1n) is 14.5. The lowest BCUT2D eigenvalue weighted by Gasteiger charge is -2.49. The zero-order valence-electron chi connectivity index (χ0n) is 25.1. The lowest BCUT2D eigenvalue weighted by atomic mass is 9.62. The number of thiophene rings is 1. The van der Waals surface area contributed by atoms with E-state index in [0.717, 1.165) is 22.3 Å². The maximum Gasteiger partial charge on any atom is 0.341 e. The number of piperidine rings is 1. The monoisotopic (exact) mass is 586 g/mol. The van der Waals surface area contributed by atoms with E-state index in [9.17, 15) is 19.2 Å². The lowest BCUT2D eigenvalue weighted by molar-refractivity contribution is -0.172. The van der Waals surface area contributed by atoms with Crippen molar-refractivity contribution < 1.29 is 23.9 Å². The third-order valence-corrected chi connectivity index (χ3v) is 10.6. The van der Waals surface area contributed by atoms with Gasteiger partial charge in [0.05, 0.1) is 12.0 Å². The summed E-state index contributed by atoms with van der Waals surface area (Å²) >= 11 is 1.23. The Balaban J connectivity index is 1.55. The fourth-order valence-corrected chi connectivity index (χ4v) is 7.42. The quantitative estimate of drug-likeness (QED) is 0.238. The van der Waals surface area contributed by atoms with Crippen molar-refractivity contribution in [3.63, 3.8) is 0 Å². The number of imide groups is 1. The molecule has 1 saturated heterocycles. The normalized spacial score (nSPS) is 21.8. The van der Waals surface area contributed by atoms with Crippen LogP contribution in [-0.4, -0.2) is 41.2 Å². The molecule has 3 unspecified atom stereocenters. The first-order valence-corrected chi connectivity index (χ1v) is 15.4. The molecule has 3 atom stereocenters. The van der Waals surface area contributed by atoms with Crippen molar-refractivity contribution in [3.05, 3.63) is 76.2 Å². The second-order valence-electron chi connectivity index (χ2n) is 12.2. The summed E-state index contributed by atoms with van der Waals surface area (Å²) in [4.78, 5) is 56.6. The second kappa shape index (κ2) is 11.1. The molecule has 1 aliphatic heterocycles. The van der Waals surface area contributed by atoms with Gasteiger partial charge in [-0.1, -0.05) is 69.3 Å². The van der Waals surface area contributed by atoms with Crippen LogP contribution in [0.15, 0.2) is 53.9 Å². The summed E-state index contributed by atoms with van der Waals surface area (Å²) in [5.74, 6) is -2.01. The second-order valence-corrected chi connectivity index (χ2v) is 13.1. The number of carbonyl (C=O) groups is 4. The van der Waals surface area contributed by atoms with E-state index in [0.29, 0.717) is 23.4 Å². The van der Waals surface area contributed by atoms with E-state index in [-0.39, 0.29) is 36.3 Å². The average Bonchev–Trinajstić information content (AvgIpc) is 3.44. The maximum absolute atomic E-state index is 14.2. The zero-order chi connectivity index (χ0) is 30.4. The molecule has 2 fully saturated rings. The number of carbonyl (C=O) groups excluding carboxylic acids is 4. The van der Waals surface area contributed by atoms with Crippen LogP contribution in [0.5, 0.6) is 0 Å². The van der Waals surface area contributed by atoms with Crippen LogP contribution >= 0.6 is 11.3 Å². The zero-order valence-corrected chi connectivity index (χ0v) is 25.9. The van der Waals surface area contributed by atoms with Gasteiger partial charge in [-0.2, -0.15) is 0 Å².